The molecule has 1 aliphatic heterocycles. The minimum atomic E-state index is -1.13. The maximum atomic E-state index is 5.54. The summed E-state index contributed by atoms with van der Waals surface area (Å²) < 4.78 is 11.1. The molecule has 2 aliphatic carbocycles. The Balaban J connectivity index is 0.00000129. The Labute approximate surface area is 333 Å². The van der Waals surface area contributed by atoms with Gasteiger partial charge in [-0.3, -0.25) is 0 Å². The summed E-state index contributed by atoms with van der Waals surface area (Å²) >= 11 is -0.826. The molecule has 9 rings (SSSR count). The van der Waals surface area contributed by atoms with Gasteiger partial charge in [0.15, 0.2) is 0 Å². The van der Waals surface area contributed by atoms with Crippen LogP contribution in [0.5, 0.6) is 11.5 Å². The van der Waals surface area contributed by atoms with Crippen LogP contribution >= 0.6 is 17.0 Å². The van der Waals surface area contributed by atoms with E-state index in [0.29, 0.717) is 0 Å². The van der Waals surface area contributed by atoms with Crippen molar-refractivity contribution in [3.8, 4) is 11.5 Å². The molecule has 3 aliphatic rings. The summed E-state index contributed by atoms with van der Waals surface area (Å²) in [6.45, 7) is 4.81. The second-order valence-corrected chi connectivity index (χ2v) is 20.4. The van der Waals surface area contributed by atoms with E-state index in [4.69, 9.17) is 26.5 Å². The predicted octanol–water partition coefficient (Wildman–Crippen LogP) is 11.4. The molecule has 2 nitrogen and oxygen atoms in total. The van der Waals surface area contributed by atoms with Gasteiger partial charge in [0, 0.05) is 0 Å². The van der Waals surface area contributed by atoms with Gasteiger partial charge < -0.3 is 9.47 Å². The number of aryl methyl sites for hydroxylation is 1. The van der Waals surface area contributed by atoms with Crippen LogP contribution in [0.3, 0.4) is 0 Å². The third-order valence-electron chi connectivity index (χ3n) is 11.4. The van der Waals surface area contributed by atoms with E-state index in [2.05, 4.69) is 141 Å². The Morgan fingerprint density at radius 3 is 1.85 bits per heavy atom. The molecule has 2 atom stereocenters. The van der Waals surface area contributed by atoms with E-state index in [9.17, 15) is 0 Å². The summed E-state index contributed by atoms with van der Waals surface area (Å²) in [6.07, 6.45) is 21.0. The summed E-state index contributed by atoms with van der Waals surface area (Å²) in [5.41, 5.74) is 13.2. The van der Waals surface area contributed by atoms with Crippen LogP contribution in [0.2, 0.25) is 6.04 Å². The molecule has 0 aromatic heterocycles. The van der Waals surface area contributed by atoms with Gasteiger partial charge in [-0.25, -0.2) is 0 Å². The fraction of sp³-hybridized carbons (Fsp3) is 0.191. The van der Waals surface area contributed by atoms with Crippen molar-refractivity contribution < 1.29 is 30.3 Å². The number of rotatable bonds is 5. The summed E-state index contributed by atoms with van der Waals surface area (Å²) in [4.78, 5) is 0. The number of allylic oxidation sites excluding steroid dienone is 6. The number of benzene rings is 4. The van der Waals surface area contributed by atoms with Gasteiger partial charge in [0.05, 0.1) is 14.2 Å². The second-order valence-electron chi connectivity index (χ2n) is 14.2. The quantitative estimate of drug-likeness (QED) is 0.127. The molecule has 6 aromatic rings. The molecule has 6 aromatic carbocycles. The van der Waals surface area contributed by atoms with Crippen LogP contribution < -0.4 is 19.8 Å². The summed E-state index contributed by atoms with van der Waals surface area (Å²) in [7, 11) is 12.2. The first-order valence-corrected chi connectivity index (χ1v) is 26.3. The van der Waals surface area contributed by atoms with Crippen LogP contribution in [-0.2, 0) is 27.3 Å². The molecule has 0 fully saturated rings. The van der Waals surface area contributed by atoms with E-state index in [1.807, 2.05) is 0 Å². The third-order valence-corrected chi connectivity index (χ3v) is 14.7. The molecule has 2 unspecified atom stereocenters. The number of halogens is 2. The molecular formula is C47H41Cl2O2SiZr. The topological polar surface area (TPSA) is 18.5 Å². The number of hydrogen-bond acceptors (Lipinski definition) is 2. The Kier molecular flexibility index (Phi) is 10.7. The van der Waals surface area contributed by atoms with Crippen LogP contribution in [0.25, 0.3) is 33.7 Å². The Morgan fingerprint density at radius 2 is 1.25 bits per heavy atom. The van der Waals surface area contributed by atoms with Gasteiger partial charge in [0.25, 0.3) is 0 Å². The average molecular weight is 828 g/mol. The first-order valence-electron chi connectivity index (χ1n) is 18.2. The van der Waals surface area contributed by atoms with E-state index in [-0.39, 0.29) is 11.8 Å². The van der Waals surface area contributed by atoms with Gasteiger partial charge in [-0.15, -0.1) is 58.2 Å². The SMILES string of the molecule is COc1ccc2cc(C3C=CC=Cc4[cH-]c(C)c([Si]5CCC[c-]6c(C)c5c5c6C=CC=CC5c5ccc6cc(OC)ccc6c5)c43)ccc2c1.[Cl][Zr+2][Cl]. The zero-order valence-corrected chi connectivity index (χ0v) is 35.4. The van der Waals surface area contributed by atoms with Crippen molar-refractivity contribution in [2.45, 2.75) is 44.6 Å². The zero-order chi connectivity index (χ0) is 36.6. The van der Waals surface area contributed by atoms with Crippen molar-refractivity contribution in [1.29, 1.82) is 0 Å². The van der Waals surface area contributed by atoms with Gasteiger partial charge in [-0.1, -0.05) is 106 Å². The van der Waals surface area contributed by atoms with Gasteiger partial charge in [-0.2, -0.15) is 21.5 Å². The van der Waals surface area contributed by atoms with Gasteiger partial charge in [0.1, 0.15) is 11.5 Å². The molecule has 263 valence electrons. The third kappa shape index (κ3) is 6.71. The number of ether oxygens (including phenoxy) is 2. The molecule has 0 spiro atoms. The van der Waals surface area contributed by atoms with Gasteiger partial charge in [0.2, 0.25) is 0 Å². The summed E-state index contributed by atoms with van der Waals surface area (Å²) in [6, 6.07) is 30.6. The molecule has 1 radical (unpaired) electrons. The molecular weight excluding hydrogens is 787 g/mol. The molecule has 0 saturated carbocycles. The molecule has 53 heavy (non-hydrogen) atoms. The van der Waals surface area contributed by atoms with Crippen molar-refractivity contribution in [3.63, 3.8) is 0 Å². The van der Waals surface area contributed by atoms with E-state index in [1.165, 1.54) is 67.4 Å². The van der Waals surface area contributed by atoms with Crippen LogP contribution in [0.4, 0.5) is 0 Å². The van der Waals surface area contributed by atoms with Crippen molar-refractivity contribution in [1.82, 2.24) is 0 Å². The van der Waals surface area contributed by atoms with Crippen molar-refractivity contribution >= 4 is 69.9 Å². The second kappa shape index (κ2) is 15.6. The van der Waals surface area contributed by atoms with Crippen LogP contribution in [-0.4, -0.2) is 23.0 Å². The molecule has 2 bridgehead atoms. The van der Waals surface area contributed by atoms with E-state index < -0.39 is 29.6 Å². The fourth-order valence-corrected chi connectivity index (χ4v) is 12.7. The van der Waals surface area contributed by atoms with E-state index >= 15 is 0 Å². The summed E-state index contributed by atoms with van der Waals surface area (Å²) in [5, 5.41) is 8.22. The first kappa shape index (κ1) is 36.3. The Morgan fingerprint density at radius 1 is 0.698 bits per heavy atom. The van der Waals surface area contributed by atoms with Crippen molar-refractivity contribution in [2.75, 3.05) is 14.2 Å². The number of fused-ring (bicyclic) bond motifs is 8. The van der Waals surface area contributed by atoms with E-state index in [0.717, 1.165) is 17.9 Å². The normalized spacial score (nSPS) is 17.3. The fourth-order valence-electron chi connectivity index (χ4n) is 9.04. The van der Waals surface area contributed by atoms with Gasteiger partial charge >= 0.3 is 37.9 Å². The minimum absolute atomic E-state index is 0.192. The molecule has 0 saturated heterocycles. The zero-order valence-electron chi connectivity index (χ0n) is 30.5. The maximum absolute atomic E-state index is 5.54. The molecule has 0 amide bonds. The van der Waals surface area contributed by atoms with Crippen LogP contribution in [0, 0.1) is 13.8 Å². The van der Waals surface area contributed by atoms with E-state index in [1.54, 1.807) is 41.3 Å². The van der Waals surface area contributed by atoms with Crippen molar-refractivity contribution in [2.24, 2.45) is 0 Å². The number of methoxy groups -OCH3 is 2. The monoisotopic (exact) mass is 825 g/mol. The number of hydrogen-bond donors (Lipinski definition) is 0. The van der Waals surface area contributed by atoms with Crippen LogP contribution in [0.15, 0.2) is 115 Å². The van der Waals surface area contributed by atoms with Crippen LogP contribution in [0.1, 0.15) is 68.3 Å². The van der Waals surface area contributed by atoms with Crippen molar-refractivity contribution in [3.05, 3.63) is 165 Å². The Hall–Kier alpha value is -3.66. The predicted molar refractivity (Wildman–Crippen MR) is 224 cm³/mol. The Bertz CT molecular complexity index is 2460. The summed E-state index contributed by atoms with van der Waals surface area (Å²) in [5.74, 6) is 2.19. The molecule has 1 heterocycles. The average Bonchev–Trinajstić information content (AvgIpc) is 3.35. The standard InChI is InChI=1S/C47H41O2Si.2ClH.Zr/c1-29-24-37-10-5-6-11-41(35-17-15-33-27-38(48-3)21-19-31(33)25-35)44(37)46(29)50-23-9-14-40-30(2)47(50)45-42(12-7-8-13-43(40)45)36-18-16-34-28-39(49-4)22-20-32(34)26-36;;;/h5-8,10-13,15-22,24-28,41-42H,9,14,23H2,1-4H3;2*1H;/q-2;;;+4/p-2. The van der Waals surface area contributed by atoms with Gasteiger partial charge in [-0.05, 0) is 77.6 Å². The first-order chi connectivity index (χ1) is 25.9. The molecule has 0 N–H and O–H groups in total. The molecule has 6 heteroatoms.